The summed E-state index contributed by atoms with van der Waals surface area (Å²) in [5, 5.41) is 13.0. The summed E-state index contributed by atoms with van der Waals surface area (Å²) in [4.78, 5) is 10.9. The van der Waals surface area contributed by atoms with Crippen molar-refractivity contribution in [3.05, 3.63) is 64.7 Å². The van der Waals surface area contributed by atoms with Crippen molar-refractivity contribution in [2.45, 2.75) is 96.3 Å². The Hall–Kier alpha value is -2.44. The number of carboxylic acids is 1. The zero-order valence-corrected chi connectivity index (χ0v) is 21.9. The van der Waals surface area contributed by atoms with Crippen LogP contribution in [0.5, 0.6) is 0 Å². The van der Waals surface area contributed by atoms with Crippen LogP contribution in [0.2, 0.25) is 5.02 Å². The molecule has 190 valence electrons. The molecule has 0 aromatic heterocycles. The summed E-state index contributed by atoms with van der Waals surface area (Å²) in [5.74, 6) is 5.60. The summed E-state index contributed by atoms with van der Waals surface area (Å²) in [5.41, 5.74) is 2.37. The molecule has 0 atom stereocenters. The lowest BCUT2D eigenvalue weighted by Gasteiger charge is -2.07. The number of halogens is 1. The van der Waals surface area contributed by atoms with E-state index in [1.807, 2.05) is 36.4 Å². The van der Waals surface area contributed by atoms with Crippen molar-refractivity contribution < 1.29 is 9.90 Å². The van der Waals surface area contributed by atoms with Crippen LogP contribution in [0.25, 0.3) is 0 Å². The number of nitrogens with one attached hydrogen (secondary N) is 1. The highest BCUT2D eigenvalue weighted by Gasteiger charge is 2.01. The Balaban J connectivity index is 1.28. The molecule has 2 rings (SSSR count). The van der Waals surface area contributed by atoms with Gasteiger partial charge in [0.05, 0.1) is 5.56 Å². The van der Waals surface area contributed by atoms with Gasteiger partial charge in [-0.2, -0.15) is 0 Å². The molecule has 2 aromatic rings. The summed E-state index contributed by atoms with van der Waals surface area (Å²) in [7, 11) is 0. The maximum Gasteiger partial charge on any atom is 0.335 e. The molecule has 0 aliphatic heterocycles. The van der Waals surface area contributed by atoms with Gasteiger partial charge in [0.2, 0.25) is 0 Å². The van der Waals surface area contributed by atoms with E-state index in [0.29, 0.717) is 5.56 Å². The van der Waals surface area contributed by atoms with Gasteiger partial charge in [0, 0.05) is 29.2 Å². The maximum atomic E-state index is 10.9. The van der Waals surface area contributed by atoms with E-state index in [9.17, 15) is 4.79 Å². The van der Waals surface area contributed by atoms with Gasteiger partial charge in [-0.1, -0.05) is 100 Å². The van der Waals surface area contributed by atoms with Gasteiger partial charge < -0.3 is 10.4 Å². The molecule has 4 heteroatoms. The Morgan fingerprint density at radius 1 is 0.686 bits per heavy atom. The summed E-state index contributed by atoms with van der Waals surface area (Å²) < 4.78 is 0. The van der Waals surface area contributed by atoms with Crippen molar-refractivity contribution in [1.29, 1.82) is 0 Å². The lowest BCUT2D eigenvalue weighted by Crippen LogP contribution is -2.02. The van der Waals surface area contributed by atoms with Crippen molar-refractivity contribution in [2.75, 3.05) is 11.9 Å². The van der Waals surface area contributed by atoms with Crippen LogP contribution in [0, 0.1) is 11.8 Å². The third kappa shape index (κ3) is 14.5. The predicted molar refractivity (Wildman–Crippen MR) is 149 cm³/mol. The van der Waals surface area contributed by atoms with Crippen molar-refractivity contribution in [2.24, 2.45) is 0 Å². The van der Waals surface area contributed by atoms with Crippen molar-refractivity contribution in [3.8, 4) is 11.8 Å². The number of hydrogen-bond acceptors (Lipinski definition) is 2. The van der Waals surface area contributed by atoms with E-state index >= 15 is 0 Å². The first-order chi connectivity index (χ1) is 17.1. The lowest BCUT2D eigenvalue weighted by atomic mass is 10.0. The first-order valence-electron chi connectivity index (χ1n) is 13.5. The standard InChI is InChI=1S/C31H42ClNO2/c32-29-22-18-27(19-23-29)17-15-13-11-9-7-5-3-1-2-4-6-8-10-12-14-16-26-33-30-24-20-28(21-25-30)31(34)35/h18-25,33H,1-14,16,26H2,(H,34,35). The fourth-order valence-electron chi connectivity index (χ4n) is 4.12. The number of anilines is 1. The topological polar surface area (TPSA) is 49.3 Å². The highest BCUT2D eigenvalue weighted by Crippen LogP contribution is 2.14. The molecular formula is C31H42ClNO2. The van der Waals surface area contributed by atoms with E-state index in [1.54, 1.807) is 12.1 Å². The van der Waals surface area contributed by atoms with Crippen molar-refractivity contribution in [1.82, 2.24) is 0 Å². The third-order valence-electron chi connectivity index (χ3n) is 6.27. The Labute approximate surface area is 217 Å². The quantitative estimate of drug-likeness (QED) is 0.160. The number of carboxylic acid groups (broad SMARTS) is 1. The van der Waals surface area contributed by atoms with Crippen LogP contribution in [-0.2, 0) is 0 Å². The van der Waals surface area contributed by atoms with Gasteiger partial charge in [-0.25, -0.2) is 4.79 Å². The van der Waals surface area contributed by atoms with Crippen molar-refractivity contribution >= 4 is 23.3 Å². The van der Waals surface area contributed by atoms with Gasteiger partial charge >= 0.3 is 5.97 Å². The molecule has 0 aliphatic carbocycles. The van der Waals surface area contributed by atoms with Crippen LogP contribution in [0.15, 0.2) is 48.5 Å². The molecule has 0 radical (unpaired) electrons. The number of rotatable bonds is 18. The fourth-order valence-corrected chi connectivity index (χ4v) is 4.25. The monoisotopic (exact) mass is 495 g/mol. The zero-order valence-electron chi connectivity index (χ0n) is 21.2. The first kappa shape index (κ1) is 28.8. The van der Waals surface area contributed by atoms with Crippen LogP contribution in [0.4, 0.5) is 5.69 Å². The van der Waals surface area contributed by atoms with E-state index in [4.69, 9.17) is 16.7 Å². The maximum absolute atomic E-state index is 10.9. The molecule has 2 aromatic carbocycles. The minimum absolute atomic E-state index is 0.333. The average molecular weight is 496 g/mol. The molecule has 35 heavy (non-hydrogen) atoms. The van der Waals surface area contributed by atoms with Gasteiger partial charge in [0.25, 0.3) is 0 Å². The van der Waals surface area contributed by atoms with Gasteiger partial charge in [-0.15, -0.1) is 0 Å². The number of unbranched alkanes of at least 4 members (excludes halogenated alkanes) is 14. The number of aromatic carboxylic acids is 1. The number of carbonyl (C=O) groups is 1. The molecular weight excluding hydrogens is 454 g/mol. The molecule has 0 saturated carbocycles. The smallest absolute Gasteiger partial charge is 0.335 e. The predicted octanol–water partition coefficient (Wildman–Crippen LogP) is 9.35. The Morgan fingerprint density at radius 3 is 1.69 bits per heavy atom. The molecule has 0 fully saturated rings. The van der Waals surface area contributed by atoms with E-state index in [0.717, 1.165) is 35.7 Å². The summed E-state index contributed by atoms with van der Waals surface area (Å²) in [6, 6.07) is 14.7. The number of benzene rings is 2. The lowest BCUT2D eigenvalue weighted by molar-refractivity contribution is 0.0697. The third-order valence-corrected chi connectivity index (χ3v) is 6.52. The van der Waals surface area contributed by atoms with Gasteiger partial charge in [-0.05, 0) is 61.4 Å². The molecule has 0 bridgehead atoms. The fraction of sp³-hybridized carbons (Fsp3) is 0.516. The Bertz CT molecular complexity index is 881. The molecule has 0 heterocycles. The largest absolute Gasteiger partial charge is 0.478 e. The van der Waals surface area contributed by atoms with Gasteiger partial charge in [0.15, 0.2) is 0 Å². The first-order valence-corrected chi connectivity index (χ1v) is 13.8. The SMILES string of the molecule is O=C(O)c1ccc(NCCCCCCCCCCCCCCCCC#Cc2ccc(Cl)cc2)cc1. The highest BCUT2D eigenvalue weighted by molar-refractivity contribution is 6.30. The van der Waals surface area contributed by atoms with Crippen LogP contribution >= 0.6 is 11.6 Å². The van der Waals surface area contributed by atoms with E-state index in [1.165, 1.54) is 83.5 Å². The average Bonchev–Trinajstić information content (AvgIpc) is 2.86. The van der Waals surface area contributed by atoms with E-state index < -0.39 is 5.97 Å². The van der Waals surface area contributed by atoms with E-state index in [-0.39, 0.29) is 0 Å². The second-order valence-electron chi connectivity index (χ2n) is 9.32. The van der Waals surface area contributed by atoms with Crippen LogP contribution in [0.3, 0.4) is 0 Å². The molecule has 0 aliphatic rings. The molecule has 2 N–H and O–H groups in total. The molecule has 0 saturated heterocycles. The van der Waals surface area contributed by atoms with Crippen molar-refractivity contribution in [3.63, 3.8) is 0 Å². The summed E-state index contributed by atoms with van der Waals surface area (Å²) in [6.45, 7) is 0.948. The Kier molecular flexibility index (Phi) is 15.5. The molecule has 0 amide bonds. The second kappa shape index (κ2) is 18.8. The van der Waals surface area contributed by atoms with Gasteiger partial charge in [-0.3, -0.25) is 0 Å². The second-order valence-corrected chi connectivity index (χ2v) is 9.75. The summed E-state index contributed by atoms with van der Waals surface area (Å²) >= 11 is 5.89. The minimum atomic E-state index is -0.879. The van der Waals surface area contributed by atoms with Crippen LogP contribution in [0.1, 0.15) is 112 Å². The molecule has 3 nitrogen and oxygen atoms in total. The number of hydrogen-bond donors (Lipinski definition) is 2. The summed E-state index contributed by atoms with van der Waals surface area (Å²) in [6.07, 6.45) is 19.5. The molecule has 0 unspecified atom stereocenters. The van der Waals surface area contributed by atoms with Crippen LogP contribution < -0.4 is 5.32 Å². The Morgan fingerprint density at radius 2 is 1.17 bits per heavy atom. The minimum Gasteiger partial charge on any atom is -0.478 e. The van der Waals surface area contributed by atoms with E-state index in [2.05, 4.69) is 17.2 Å². The highest BCUT2D eigenvalue weighted by atomic mass is 35.5. The zero-order chi connectivity index (χ0) is 25.0. The molecule has 0 spiro atoms. The normalized spacial score (nSPS) is 10.5. The van der Waals surface area contributed by atoms with Crippen LogP contribution in [-0.4, -0.2) is 17.6 Å². The van der Waals surface area contributed by atoms with Gasteiger partial charge in [0.1, 0.15) is 0 Å².